The average molecular weight is 242 g/mol. The normalized spacial score (nSPS) is 27.8. The van der Waals surface area contributed by atoms with Gasteiger partial charge in [-0.05, 0) is 39.2 Å². The first kappa shape index (κ1) is 14.5. The summed E-state index contributed by atoms with van der Waals surface area (Å²) in [5, 5.41) is 0. The average Bonchev–Trinajstić information content (AvgIpc) is 2.28. The van der Waals surface area contributed by atoms with Crippen LogP contribution in [0.15, 0.2) is 0 Å². The SMILES string of the molecule is CCOC(=O)CC(C)N1CCCC(C)C1CN. The molecule has 1 heterocycles. The van der Waals surface area contributed by atoms with E-state index in [2.05, 4.69) is 18.7 Å². The number of piperidine rings is 1. The van der Waals surface area contributed by atoms with Gasteiger partial charge >= 0.3 is 5.97 Å². The molecular formula is C13H26N2O2. The molecule has 0 aromatic rings. The summed E-state index contributed by atoms with van der Waals surface area (Å²) in [6.07, 6.45) is 2.91. The summed E-state index contributed by atoms with van der Waals surface area (Å²) in [6.45, 7) is 8.37. The van der Waals surface area contributed by atoms with Crippen molar-refractivity contribution in [3.8, 4) is 0 Å². The number of carbonyl (C=O) groups excluding carboxylic acids is 1. The van der Waals surface area contributed by atoms with E-state index in [1.54, 1.807) is 0 Å². The molecule has 4 heteroatoms. The van der Waals surface area contributed by atoms with Crippen molar-refractivity contribution >= 4 is 5.97 Å². The van der Waals surface area contributed by atoms with E-state index in [4.69, 9.17) is 10.5 Å². The quantitative estimate of drug-likeness (QED) is 0.740. The van der Waals surface area contributed by atoms with Crippen molar-refractivity contribution in [2.24, 2.45) is 11.7 Å². The van der Waals surface area contributed by atoms with Crippen LogP contribution in [0.4, 0.5) is 0 Å². The maximum Gasteiger partial charge on any atom is 0.307 e. The molecular weight excluding hydrogens is 216 g/mol. The van der Waals surface area contributed by atoms with Crippen molar-refractivity contribution in [3.63, 3.8) is 0 Å². The Morgan fingerprint density at radius 1 is 1.59 bits per heavy atom. The highest BCUT2D eigenvalue weighted by Crippen LogP contribution is 2.25. The smallest absolute Gasteiger partial charge is 0.307 e. The van der Waals surface area contributed by atoms with Crippen LogP contribution in [-0.2, 0) is 9.53 Å². The van der Waals surface area contributed by atoms with Gasteiger partial charge in [-0.15, -0.1) is 0 Å². The van der Waals surface area contributed by atoms with Gasteiger partial charge in [0.05, 0.1) is 13.0 Å². The Morgan fingerprint density at radius 3 is 2.88 bits per heavy atom. The Morgan fingerprint density at radius 2 is 2.29 bits per heavy atom. The highest BCUT2D eigenvalue weighted by atomic mass is 16.5. The van der Waals surface area contributed by atoms with Crippen molar-refractivity contribution in [1.82, 2.24) is 4.90 Å². The Bertz CT molecular complexity index is 246. The maximum absolute atomic E-state index is 11.5. The first-order chi connectivity index (χ1) is 8.10. The molecule has 3 atom stereocenters. The van der Waals surface area contributed by atoms with Crippen LogP contribution in [0.25, 0.3) is 0 Å². The third kappa shape index (κ3) is 3.96. The van der Waals surface area contributed by atoms with E-state index < -0.39 is 0 Å². The number of nitrogens with two attached hydrogens (primary N) is 1. The van der Waals surface area contributed by atoms with Crippen LogP contribution in [0.5, 0.6) is 0 Å². The van der Waals surface area contributed by atoms with E-state index in [0.29, 0.717) is 31.5 Å². The van der Waals surface area contributed by atoms with E-state index in [-0.39, 0.29) is 12.0 Å². The molecule has 17 heavy (non-hydrogen) atoms. The minimum atomic E-state index is -0.103. The molecule has 4 nitrogen and oxygen atoms in total. The topological polar surface area (TPSA) is 55.6 Å². The summed E-state index contributed by atoms with van der Waals surface area (Å²) in [5.41, 5.74) is 5.85. The fourth-order valence-corrected chi connectivity index (χ4v) is 2.77. The lowest BCUT2D eigenvalue weighted by molar-refractivity contribution is -0.144. The third-order valence-electron chi connectivity index (χ3n) is 3.73. The predicted molar refractivity (Wildman–Crippen MR) is 68.7 cm³/mol. The fourth-order valence-electron chi connectivity index (χ4n) is 2.77. The van der Waals surface area contributed by atoms with Gasteiger partial charge in [0.15, 0.2) is 0 Å². The Labute approximate surface area is 104 Å². The van der Waals surface area contributed by atoms with Crippen molar-refractivity contribution in [2.75, 3.05) is 19.7 Å². The standard InChI is InChI=1S/C13H26N2O2/c1-4-17-13(16)8-11(3)15-7-5-6-10(2)12(15)9-14/h10-12H,4-9,14H2,1-3H3. The molecule has 1 rings (SSSR count). The van der Waals surface area contributed by atoms with Crippen LogP contribution in [-0.4, -0.2) is 42.6 Å². The fraction of sp³-hybridized carbons (Fsp3) is 0.923. The third-order valence-corrected chi connectivity index (χ3v) is 3.73. The molecule has 1 aliphatic heterocycles. The second-order valence-corrected chi connectivity index (χ2v) is 5.02. The predicted octanol–water partition coefficient (Wildman–Crippen LogP) is 1.39. The lowest BCUT2D eigenvalue weighted by atomic mass is 9.89. The molecule has 1 aliphatic rings. The van der Waals surface area contributed by atoms with Crippen LogP contribution in [0, 0.1) is 5.92 Å². The molecule has 0 bridgehead atoms. The summed E-state index contributed by atoms with van der Waals surface area (Å²) < 4.78 is 5.00. The zero-order chi connectivity index (χ0) is 12.8. The zero-order valence-electron chi connectivity index (χ0n) is 11.3. The molecule has 100 valence electrons. The van der Waals surface area contributed by atoms with Crippen LogP contribution in [0.3, 0.4) is 0 Å². The number of esters is 1. The highest BCUT2D eigenvalue weighted by Gasteiger charge is 2.31. The van der Waals surface area contributed by atoms with E-state index in [0.717, 1.165) is 6.54 Å². The summed E-state index contributed by atoms with van der Waals surface area (Å²) in [4.78, 5) is 13.9. The van der Waals surface area contributed by atoms with Gasteiger partial charge in [0.25, 0.3) is 0 Å². The lowest BCUT2D eigenvalue weighted by Crippen LogP contribution is -2.52. The molecule has 3 unspecified atom stereocenters. The molecule has 0 radical (unpaired) electrons. The summed E-state index contributed by atoms with van der Waals surface area (Å²) in [6, 6.07) is 0.638. The Hall–Kier alpha value is -0.610. The number of carbonyl (C=O) groups is 1. The Balaban J connectivity index is 2.53. The van der Waals surface area contributed by atoms with Gasteiger partial charge in [-0.25, -0.2) is 0 Å². The van der Waals surface area contributed by atoms with Crippen molar-refractivity contribution in [3.05, 3.63) is 0 Å². The zero-order valence-corrected chi connectivity index (χ0v) is 11.3. The van der Waals surface area contributed by atoms with Gasteiger partial charge in [-0.3, -0.25) is 9.69 Å². The second-order valence-electron chi connectivity index (χ2n) is 5.02. The van der Waals surface area contributed by atoms with E-state index in [1.165, 1.54) is 12.8 Å². The summed E-state index contributed by atoms with van der Waals surface area (Å²) in [5.74, 6) is 0.521. The highest BCUT2D eigenvalue weighted by molar-refractivity contribution is 5.70. The van der Waals surface area contributed by atoms with Gasteiger partial charge < -0.3 is 10.5 Å². The van der Waals surface area contributed by atoms with Crippen molar-refractivity contribution in [2.45, 2.75) is 52.1 Å². The summed E-state index contributed by atoms with van der Waals surface area (Å²) >= 11 is 0. The minimum Gasteiger partial charge on any atom is -0.466 e. The number of nitrogens with zero attached hydrogens (tertiary/aromatic N) is 1. The molecule has 0 saturated carbocycles. The van der Waals surface area contributed by atoms with Crippen LogP contribution in [0.1, 0.15) is 40.0 Å². The Kier molecular flexibility index (Phi) is 5.92. The monoisotopic (exact) mass is 242 g/mol. The number of hydrogen-bond acceptors (Lipinski definition) is 4. The summed E-state index contributed by atoms with van der Waals surface area (Å²) in [7, 11) is 0. The van der Waals surface area contributed by atoms with Crippen molar-refractivity contribution in [1.29, 1.82) is 0 Å². The van der Waals surface area contributed by atoms with Gasteiger partial charge in [0.2, 0.25) is 0 Å². The van der Waals surface area contributed by atoms with E-state index in [9.17, 15) is 4.79 Å². The van der Waals surface area contributed by atoms with Gasteiger partial charge in [0.1, 0.15) is 0 Å². The van der Waals surface area contributed by atoms with Crippen LogP contribution in [0.2, 0.25) is 0 Å². The van der Waals surface area contributed by atoms with E-state index >= 15 is 0 Å². The molecule has 2 N–H and O–H groups in total. The van der Waals surface area contributed by atoms with Gasteiger partial charge in [0, 0.05) is 18.6 Å². The molecule has 0 aromatic heterocycles. The number of hydrogen-bond donors (Lipinski definition) is 1. The maximum atomic E-state index is 11.5. The van der Waals surface area contributed by atoms with Crippen LogP contribution >= 0.6 is 0 Å². The first-order valence-corrected chi connectivity index (χ1v) is 6.71. The van der Waals surface area contributed by atoms with Gasteiger partial charge in [-0.2, -0.15) is 0 Å². The molecule has 0 aliphatic carbocycles. The first-order valence-electron chi connectivity index (χ1n) is 6.71. The lowest BCUT2D eigenvalue weighted by Gasteiger charge is -2.42. The number of ether oxygens (including phenoxy) is 1. The van der Waals surface area contributed by atoms with Crippen molar-refractivity contribution < 1.29 is 9.53 Å². The number of likely N-dealkylation sites (tertiary alicyclic amines) is 1. The number of rotatable bonds is 5. The van der Waals surface area contributed by atoms with E-state index in [1.807, 2.05) is 6.92 Å². The van der Waals surface area contributed by atoms with Gasteiger partial charge in [-0.1, -0.05) is 6.92 Å². The second kappa shape index (κ2) is 6.97. The molecule has 0 aromatic carbocycles. The molecule has 0 amide bonds. The largest absolute Gasteiger partial charge is 0.466 e. The minimum absolute atomic E-state index is 0.103. The van der Waals surface area contributed by atoms with Crippen LogP contribution < -0.4 is 5.73 Å². The molecule has 0 spiro atoms. The molecule has 1 saturated heterocycles. The molecule has 1 fully saturated rings.